The molecule has 1 heterocycles. The summed E-state index contributed by atoms with van der Waals surface area (Å²) in [5.41, 5.74) is -1.16. The lowest BCUT2D eigenvalue weighted by molar-refractivity contribution is -0.342. The number of rotatable bonds is 8. The van der Waals surface area contributed by atoms with E-state index in [4.69, 9.17) is 19.3 Å². The Morgan fingerprint density at radius 3 is 2.12 bits per heavy atom. The van der Waals surface area contributed by atoms with E-state index in [1.807, 2.05) is 0 Å². The van der Waals surface area contributed by atoms with Crippen LogP contribution in [0.25, 0.3) is 0 Å². The second kappa shape index (κ2) is 8.81. The van der Waals surface area contributed by atoms with E-state index in [-0.39, 0.29) is 0 Å². The number of ether oxygens (including phenoxy) is 3. The molecule has 144 valence electrons. The van der Waals surface area contributed by atoms with Crippen LogP contribution in [0.4, 0.5) is 0 Å². The van der Waals surface area contributed by atoms with Crippen LogP contribution in [0.1, 0.15) is 20.8 Å². The molecule has 10 heteroatoms. The lowest BCUT2D eigenvalue weighted by Gasteiger charge is -2.47. The fourth-order valence-corrected chi connectivity index (χ4v) is 2.46. The standard InChI is InChI=1S/C14H28O10/c1-6(17)7(4-15)22-13(12(20)21)23-10-8(5-16)24-14(2,3)11(19)9(10)18/h6-13,15-21H,4-5H2,1-3H3. The van der Waals surface area contributed by atoms with Gasteiger partial charge in [-0.25, -0.2) is 0 Å². The van der Waals surface area contributed by atoms with E-state index in [1.54, 1.807) is 0 Å². The molecule has 7 atom stereocenters. The van der Waals surface area contributed by atoms with Crippen LogP contribution in [-0.4, -0.2) is 104 Å². The summed E-state index contributed by atoms with van der Waals surface area (Å²) in [5, 5.41) is 67.1. The molecule has 1 rings (SSSR count). The molecule has 0 amide bonds. The quantitative estimate of drug-likeness (QED) is 0.218. The van der Waals surface area contributed by atoms with Crippen LogP contribution < -0.4 is 0 Å². The smallest absolute Gasteiger partial charge is 0.209 e. The van der Waals surface area contributed by atoms with Gasteiger partial charge in [0.15, 0.2) is 0 Å². The van der Waals surface area contributed by atoms with Crippen LogP contribution in [0.3, 0.4) is 0 Å². The monoisotopic (exact) mass is 356 g/mol. The summed E-state index contributed by atoms with van der Waals surface area (Å²) in [6, 6.07) is 0. The first-order valence-corrected chi connectivity index (χ1v) is 7.66. The van der Waals surface area contributed by atoms with Crippen LogP contribution in [0.5, 0.6) is 0 Å². The van der Waals surface area contributed by atoms with Crippen molar-refractivity contribution in [1.82, 2.24) is 0 Å². The summed E-state index contributed by atoms with van der Waals surface area (Å²) in [6.45, 7) is 3.18. The van der Waals surface area contributed by atoms with Gasteiger partial charge >= 0.3 is 0 Å². The van der Waals surface area contributed by atoms with Crippen molar-refractivity contribution in [1.29, 1.82) is 0 Å². The summed E-state index contributed by atoms with van der Waals surface area (Å²) < 4.78 is 15.9. The van der Waals surface area contributed by atoms with Crippen LogP contribution in [-0.2, 0) is 14.2 Å². The van der Waals surface area contributed by atoms with Gasteiger partial charge in [-0.1, -0.05) is 0 Å². The van der Waals surface area contributed by atoms with Gasteiger partial charge in [0.2, 0.25) is 12.6 Å². The Labute approximate surface area is 139 Å². The van der Waals surface area contributed by atoms with Crippen molar-refractivity contribution >= 4 is 0 Å². The number of hydrogen-bond acceptors (Lipinski definition) is 10. The molecule has 0 aliphatic carbocycles. The lowest BCUT2D eigenvalue weighted by Crippen LogP contribution is -2.64. The minimum Gasteiger partial charge on any atom is -0.394 e. The van der Waals surface area contributed by atoms with Gasteiger partial charge in [0, 0.05) is 0 Å². The van der Waals surface area contributed by atoms with E-state index in [9.17, 15) is 30.6 Å². The third kappa shape index (κ3) is 5.05. The molecule has 1 fully saturated rings. The second-order valence-electron chi connectivity index (χ2n) is 6.36. The fraction of sp³-hybridized carbons (Fsp3) is 1.00. The van der Waals surface area contributed by atoms with E-state index in [0.717, 1.165) is 0 Å². The van der Waals surface area contributed by atoms with Crippen LogP contribution in [0, 0.1) is 0 Å². The molecule has 10 nitrogen and oxygen atoms in total. The van der Waals surface area contributed by atoms with Gasteiger partial charge in [-0.3, -0.25) is 0 Å². The Hall–Kier alpha value is -0.400. The molecule has 0 saturated carbocycles. The summed E-state index contributed by atoms with van der Waals surface area (Å²) in [7, 11) is 0. The SMILES string of the molecule is CC(O)C(CO)OC(OC1C(CO)OC(C)(C)C(O)C1O)C(O)O. The Kier molecular flexibility index (Phi) is 7.94. The minimum absolute atomic E-state index is 0.564. The minimum atomic E-state index is -2.17. The third-order valence-electron chi connectivity index (χ3n) is 3.94. The molecule has 0 aromatic carbocycles. The Morgan fingerprint density at radius 1 is 1.12 bits per heavy atom. The molecule has 0 radical (unpaired) electrons. The van der Waals surface area contributed by atoms with Crippen molar-refractivity contribution in [3.05, 3.63) is 0 Å². The first kappa shape index (κ1) is 21.6. The largest absolute Gasteiger partial charge is 0.394 e. The van der Waals surface area contributed by atoms with E-state index in [0.29, 0.717) is 0 Å². The van der Waals surface area contributed by atoms with Gasteiger partial charge in [-0.05, 0) is 20.8 Å². The third-order valence-corrected chi connectivity index (χ3v) is 3.94. The molecule has 0 spiro atoms. The van der Waals surface area contributed by atoms with Crippen molar-refractivity contribution in [2.75, 3.05) is 13.2 Å². The van der Waals surface area contributed by atoms with E-state index in [2.05, 4.69) is 0 Å². The van der Waals surface area contributed by atoms with Crippen LogP contribution in [0.2, 0.25) is 0 Å². The maximum atomic E-state index is 10.2. The highest BCUT2D eigenvalue weighted by Crippen LogP contribution is 2.32. The summed E-state index contributed by atoms with van der Waals surface area (Å²) in [6.07, 6.45) is -11.5. The van der Waals surface area contributed by atoms with Crippen LogP contribution in [0.15, 0.2) is 0 Å². The molecule has 1 saturated heterocycles. The molecule has 0 aromatic heterocycles. The lowest BCUT2D eigenvalue weighted by atomic mass is 9.87. The molecule has 24 heavy (non-hydrogen) atoms. The maximum absolute atomic E-state index is 10.2. The Morgan fingerprint density at radius 2 is 1.71 bits per heavy atom. The second-order valence-corrected chi connectivity index (χ2v) is 6.36. The highest BCUT2D eigenvalue weighted by atomic mass is 16.7. The van der Waals surface area contributed by atoms with Crippen molar-refractivity contribution in [2.24, 2.45) is 0 Å². The summed E-state index contributed by atoms with van der Waals surface area (Å²) >= 11 is 0. The van der Waals surface area contributed by atoms with Crippen molar-refractivity contribution in [3.63, 3.8) is 0 Å². The number of aliphatic hydroxyl groups excluding tert-OH is 6. The molecule has 0 aromatic rings. The predicted molar refractivity (Wildman–Crippen MR) is 78.6 cm³/mol. The molecule has 7 unspecified atom stereocenters. The van der Waals surface area contributed by atoms with Gasteiger partial charge in [-0.2, -0.15) is 0 Å². The van der Waals surface area contributed by atoms with E-state index < -0.39 is 68.0 Å². The summed E-state index contributed by atoms with van der Waals surface area (Å²) in [4.78, 5) is 0. The average Bonchev–Trinajstić information content (AvgIpc) is 2.50. The molecule has 1 aliphatic rings. The zero-order chi connectivity index (χ0) is 18.7. The van der Waals surface area contributed by atoms with Crippen molar-refractivity contribution < 1.29 is 50.0 Å². The summed E-state index contributed by atoms with van der Waals surface area (Å²) in [5.74, 6) is 0. The first-order chi connectivity index (χ1) is 11.0. The maximum Gasteiger partial charge on any atom is 0.209 e. The zero-order valence-electron chi connectivity index (χ0n) is 13.9. The predicted octanol–water partition coefficient (Wildman–Crippen LogP) is -3.34. The Bertz CT molecular complexity index is 373. The Balaban J connectivity index is 2.91. The van der Waals surface area contributed by atoms with Gasteiger partial charge in [0.1, 0.15) is 30.5 Å². The van der Waals surface area contributed by atoms with Gasteiger partial charge in [0.05, 0.1) is 24.9 Å². The molecular weight excluding hydrogens is 328 g/mol. The topological polar surface area (TPSA) is 169 Å². The molecule has 1 aliphatic heterocycles. The number of hydrogen-bond donors (Lipinski definition) is 7. The highest BCUT2D eigenvalue weighted by molar-refractivity contribution is 4.98. The first-order valence-electron chi connectivity index (χ1n) is 7.66. The number of aliphatic hydroxyl groups is 7. The zero-order valence-corrected chi connectivity index (χ0v) is 13.9. The molecule has 0 bridgehead atoms. The fourth-order valence-electron chi connectivity index (χ4n) is 2.46. The van der Waals surface area contributed by atoms with Gasteiger partial charge < -0.3 is 50.0 Å². The normalized spacial score (nSPS) is 34.1. The molecular formula is C14H28O10. The van der Waals surface area contributed by atoms with Gasteiger partial charge in [0.25, 0.3) is 0 Å². The van der Waals surface area contributed by atoms with E-state index in [1.165, 1.54) is 20.8 Å². The van der Waals surface area contributed by atoms with Crippen molar-refractivity contribution in [2.45, 2.75) is 75.6 Å². The van der Waals surface area contributed by atoms with E-state index >= 15 is 0 Å². The highest BCUT2D eigenvalue weighted by Gasteiger charge is 2.50. The van der Waals surface area contributed by atoms with Crippen LogP contribution >= 0.6 is 0 Å². The molecule has 7 N–H and O–H groups in total. The van der Waals surface area contributed by atoms with Crippen molar-refractivity contribution in [3.8, 4) is 0 Å². The average molecular weight is 356 g/mol. The van der Waals surface area contributed by atoms with Gasteiger partial charge in [-0.15, -0.1) is 0 Å².